The molecule has 0 fully saturated rings. The monoisotopic (exact) mass is 364 g/mol. The molecule has 0 aliphatic carbocycles. The van der Waals surface area contributed by atoms with Gasteiger partial charge in [0, 0.05) is 37.6 Å². The van der Waals surface area contributed by atoms with Crippen molar-refractivity contribution in [3.8, 4) is 0 Å². The van der Waals surface area contributed by atoms with Gasteiger partial charge in [0.15, 0.2) is 5.78 Å². The number of rotatable bonds is 7. The summed E-state index contributed by atoms with van der Waals surface area (Å²) in [5.41, 5.74) is 6.34. The Morgan fingerprint density at radius 3 is 2.56 bits per heavy atom. The lowest BCUT2D eigenvalue weighted by atomic mass is 10.2. The summed E-state index contributed by atoms with van der Waals surface area (Å²) in [5.74, 6) is -0.590. The quantitative estimate of drug-likeness (QED) is 0.625. The molecule has 8 nitrogen and oxygen atoms in total. The topological polar surface area (TPSA) is 123 Å². The minimum absolute atomic E-state index is 0.0232. The van der Waals surface area contributed by atoms with Gasteiger partial charge in [0.1, 0.15) is 5.69 Å². The fourth-order valence-corrected chi connectivity index (χ4v) is 3.29. The molecule has 0 radical (unpaired) electrons. The van der Waals surface area contributed by atoms with Gasteiger partial charge in [-0.3, -0.25) is 9.59 Å². The van der Waals surface area contributed by atoms with Crippen molar-refractivity contribution in [1.29, 1.82) is 0 Å². The second kappa shape index (κ2) is 7.60. The van der Waals surface area contributed by atoms with Crippen molar-refractivity contribution < 1.29 is 18.0 Å². The smallest absolute Gasteiger partial charge is 0.272 e. The van der Waals surface area contributed by atoms with Crippen LogP contribution in [0, 0.1) is 0 Å². The predicted octanol–water partition coefficient (Wildman–Crippen LogP) is 0.717. The molecule has 9 heteroatoms. The Morgan fingerprint density at radius 2 is 1.96 bits per heavy atom. The number of hydrogen-bond acceptors (Lipinski definition) is 5. The molecule has 0 saturated heterocycles. The summed E-state index contributed by atoms with van der Waals surface area (Å²) in [7, 11) is -2.04. The average Bonchev–Trinajstić information content (AvgIpc) is 2.95. The molecule has 2 aromatic rings. The van der Waals surface area contributed by atoms with Gasteiger partial charge in [-0.15, -0.1) is 0 Å². The highest BCUT2D eigenvalue weighted by Gasteiger charge is 2.16. The Morgan fingerprint density at radius 1 is 1.24 bits per heavy atom. The maximum absolute atomic E-state index is 12.4. The Balaban J connectivity index is 2.22. The van der Waals surface area contributed by atoms with Gasteiger partial charge in [-0.1, -0.05) is 6.07 Å². The lowest BCUT2D eigenvalue weighted by Crippen LogP contribution is -2.29. The van der Waals surface area contributed by atoms with Crippen molar-refractivity contribution in [2.45, 2.75) is 11.8 Å². The van der Waals surface area contributed by atoms with Crippen molar-refractivity contribution in [3.63, 3.8) is 0 Å². The first-order valence-corrected chi connectivity index (χ1v) is 9.01. The third-order valence-corrected chi connectivity index (χ3v) is 4.94. The summed E-state index contributed by atoms with van der Waals surface area (Å²) < 4.78 is 28.1. The van der Waals surface area contributed by atoms with Crippen LogP contribution in [0.25, 0.3) is 0 Å². The molecule has 0 spiro atoms. The number of nitrogens with one attached hydrogen (secondary N) is 2. The summed E-state index contributed by atoms with van der Waals surface area (Å²) in [6.45, 7) is 1.72. The van der Waals surface area contributed by atoms with E-state index in [1.165, 1.54) is 35.8 Å². The van der Waals surface area contributed by atoms with Gasteiger partial charge in [-0.2, -0.15) is 0 Å². The van der Waals surface area contributed by atoms with Crippen molar-refractivity contribution in [3.05, 3.63) is 47.8 Å². The fourth-order valence-electron chi connectivity index (χ4n) is 2.20. The number of amides is 1. The Labute approximate surface area is 146 Å². The van der Waals surface area contributed by atoms with E-state index in [9.17, 15) is 18.0 Å². The first-order chi connectivity index (χ1) is 11.7. The van der Waals surface area contributed by atoms with E-state index in [1.54, 1.807) is 19.3 Å². The van der Waals surface area contributed by atoms with Crippen molar-refractivity contribution in [2.75, 3.05) is 18.4 Å². The Kier molecular flexibility index (Phi) is 5.73. The van der Waals surface area contributed by atoms with E-state index in [2.05, 4.69) is 10.0 Å². The Bertz CT molecular complexity index is 903. The van der Waals surface area contributed by atoms with Crippen LogP contribution < -0.4 is 15.8 Å². The first kappa shape index (κ1) is 18.8. The summed E-state index contributed by atoms with van der Waals surface area (Å²) in [5, 5.41) is 2.63. The van der Waals surface area contributed by atoms with Gasteiger partial charge in [0.05, 0.1) is 4.90 Å². The van der Waals surface area contributed by atoms with Crippen LogP contribution in [0.3, 0.4) is 0 Å². The van der Waals surface area contributed by atoms with E-state index in [4.69, 9.17) is 5.73 Å². The average molecular weight is 364 g/mol. The fraction of sp³-hybridized carbons (Fsp3) is 0.250. The zero-order valence-electron chi connectivity index (χ0n) is 13.9. The minimum atomic E-state index is -3.69. The molecule has 0 aliphatic rings. The molecule has 1 amide bonds. The third kappa shape index (κ3) is 4.53. The van der Waals surface area contributed by atoms with E-state index >= 15 is 0 Å². The van der Waals surface area contributed by atoms with Crippen molar-refractivity contribution >= 4 is 27.4 Å². The highest BCUT2D eigenvalue weighted by atomic mass is 32.2. The number of nitrogens with two attached hydrogens (primary N) is 1. The van der Waals surface area contributed by atoms with Crippen LogP contribution in [-0.2, 0) is 17.1 Å². The summed E-state index contributed by atoms with van der Waals surface area (Å²) in [4.78, 5) is 23.8. The number of hydrogen-bond donors (Lipinski definition) is 3. The molecule has 1 aromatic carbocycles. The van der Waals surface area contributed by atoms with Gasteiger partial charge < -0.3 is 15.6 Å². The molecule has 0 saturated carbocycles. The van der Waals surface area contributed by atoms with E-state index in [1.807, 2.05) is 0 Å². The zero-order chi connectivity index (χ0) is 18.6. The molecule has 0 aliphatic heterocycles. The van der Waals surface area contributed by atoms with Crippen LogP contribution in [0.5, 0.6) is 0 Å². The second-order valence-corrected chi connectivity index (χ2v) is 7.22. The summed E-state index contributed by atoms with van der Waals surface area (Å²) >= 11 is 0. The molecular formula is C16H20N4O4S. The zero-order valence-corrected chi connectivity index (χ0v) is 14.8. The molecule has 1 heterocycles. The summed E-state index contributed by atoms with van der Waals surface area (Å²) in [6, 6.07) is 7.37. The number of sulfonamides is 1. The maximum atomic E-state index is 12.4. The normalized spacial score (nSPS) is 11.3. The van der Waals surface area contributed by atoms with Gasteiger partial charge in [0.2, 0.25) is 10.0 Å². The van der Waals surface area contributed by atoms with E-state index in [-0.39, 0.29) is 23.8 Å². The molecule has 134 valence electrons. The van der Waals surface area contributed by atoms with E-state index < -0.39 is 15.9 Å². The van der Waals surface area contributed by atoms with Crippen LogP contribution in [0.2, 0.25) is 0 Å². The van der Waals surface area contributed by atoms with Crippen LogP contribution in [0.4, 0.5) is 5.69 Å². The lowest BCUT2D eigenvalue weighted by molar-refractivity contribution is 0.101. The first-order valence-electron chi connectivity index (χ1n) is 7.53. The number of carbonyl (C=O) groups is 2. The number of benzene rings is 1. The minimum Gasteiger partial charge on any atom is -0.346 e. The SMILES string of the molecule is CC(=O)c1cc(C(=O)Nc2cccc(S(=O)(=O)NCCN)c2)n(C)c1. The van der Waals surface area contributed by atoms with Gasteiger partial charge in [-0.25, -0.2) is 13.1 Å². The van der Waals surface area contributed by atoms with Crippen LogP contribution in [0.15, 0.2) is 41.4 Å². The third-order valence-electron chi connectivity index (χ3n) is 3.48. The molecule has 0 unspecified atom stereocenters. The number of aryl methyl sites for hydroxylation is 1. The molecule has 2 rings (SSSR count). The molecular weight excluding hydrogens is 344 g/mol. The van der Waals surface area contributed by atoms with Crippen LogP contribution >= 0.6 is 0 Å². The molecule has 0 bridgehead atoms. The largest absolute Gasteiger partial charge is 0.346 e. The number of anilines is 1. The maximum Gasteiger partial charge on any atom is 0.272 e. The van der Waals surface area contributed by atoms with E-state index in [0.29, 0.717) is 16.9 Å². The number of Topliss-reactive ketones (excluding diaryl/α,β-unsaturated/α-hetero) is 1. The van der Waals surface area contributed by atoms with Crippen LogP contribution in [-0.4, -0.2) is 37.8 Å². The second-order valence-electron chi connectivity index (χ2n) is 5.45. The van der Waals surface area contributed by atoms with Gasteiger partial charge in [0.25, 0.3) is 5.91 Å². The number of carbonyl (C=O) groups excluding carboxylic acids is 2. The number of nitrogens with zero attached hydrogens (tertiary/aromatic N) is 1. The lowest BCUT2D eigenvalue weighted by Gasteiger charge is -2.09. The Hall–Kier alpha value is -2.49. The number of ketones is 1. The van der Waals surface area contributed by atoms with Crippen LogP contribution in [0.1, 0.15) is 27.8 Å². The van der Waals surface area contributed by atoms with Crippen molar-refractivity contribution in [1.82, 2.24) is 9.29 Å². The molecule has 1 aromatic heterocycles. The molecule has 0 atom stereocenters. The predicted molar refractivity (Wildman–Crippen MR) is 94.1 cm³/mol. The van der Waals surface area contributed by atoms with Gasteiger partial charge in [-0.05, 0) is 31.2 Å². The number of aromatic nitrogens is 1. The molecule has 4 N–H and O–H groups in total. The van der Waals surface area contributed by atoms with Crippen molar-refractivity contribution in [2.24, 2.45) is 12.8 Å². The van der Waals surface area contributed by atoms with Gasteiger partial charge >= 0.3 is 0 Å². The summed E-state index contributed by atoms with van der Waals surface area (Å²) in [6.07, 6.45) is 1.56. The highest BCUT2D eigenvalue weighted by Crippen LogP contribution is 2.17. The highest BCUT2D eigenvalue weighted by molar-refractivity contribution is 7.89. The van der Waals surface area contributed by atoms with E-state index in [0.717, 1.165) is 0 Å². The standard InChI is InChI=1S/C16H20N4O4S/c1-11(21)12-8-15(20(2)10-12)16(22)19-13-4-3-5-14(9-13)25(23,24)18-7-6-17/h3-5,8-10,18H,6-7,17H2,1-2H3,(H,19,22). The molecule has 25 heavy (non-hydrogen) atoms.